The van der Waals surface area contributed by atoms with E-state index in [0.717, 1.165) is 59.7 Å². The number of halogens is 2. The molecule has 0 spiro atoms. The predicted octanol–water partition coefficient (Wildman–Crippen LogP) is 3.29. The van der Waals surface area contributed by atoms with Crippen molar-refractivity contribution in [2.75, 3.05) is 51.5 Å². The summed E-state index contributed by atoms with van der Waals surface area (Å²) in [5, 5.41) is 4.18. The third-order valence-corrected chi connectivity index (χ3v) is 5.73. The molecular weight excluding hydrogens is 407 g/mol. The van der Waals surface area contributed by atoms with E-state index in [1.165, 1.54) is 12.1 Å². The molecule has 1 fully saturated rings. The Morgan fingerprint density at radius 2 is 2.00 bits per heavy atom. The summed E-state index contributed by atoms with van der Waals surface area (Å²) in [6, 6.07) is 10.9. The van der Waals surface area contributed by atoms with Gasteiger partial charge in [-0.05, 0) is 36.2 Å². The van der Waals surface area contributed by atoms with Gasteiger partial charge in [-0.2, -0.15) is 0 Å². The SMILES string of the molecule is CN=C(NCCc1cc(F)cc2c1OCOC2)N1CCN(c2ccccc2Cl)CC1. The van der Waals surface area contributed by atoms with Crippen molar-refractivity contribution >= 4 is 23.2 Å². The molecule has 2 aliphatic rings. The van der Waals surface area contributed by atoms with Gasteiger partial charge in [-0.25, -0.2) is 4.39 Å². The molecule has 6 nitrogen and oxygen atoms in total. The molecule has 0 aliphatic carbocycles. The van der Waals surface area contributed by atoms with Crippen LogP contribution in [0.1, 0.15) is 11.1 Å². The van der Waals surface area contributed by atoms with Crippen LogP contribution in [0.3, 0.4) is 0 Å². The van der Waals surface area contributed by atoms with Crippen molar-refractivity contribution in [1.82, 2.24) is 10.2 Å². The average molecular weight is 433 g/mol. The summed E-state index contributed by atoms with van der Waals surface area (Å²) in [7, 11) is 1.78. The van der Waals surface area contributed by atoms with E-state index in [4.69, 9.17) is 21.1 Å². The second kappa shape index (κ2) is 9.53. The Hall–Kier alpha value is -2.51. The summed E-state index contributed by atoms with van der Waals surface area (Å²) < 4.78 is 24.8. The lowest BCUT2D eigenvalue weighted by Crippen LogP contribution is -2.52. The zero-order valence-electron chi connectivity index (χ0n) is 17.0. The minimum atomic E-state index is -0.266. The number of aliphatic imine (C=N–C) groups is 1. The maximum atomic E-state index is 13.9. The Kier molecular flexibility index (Phi) is 6.59. The number of para-hydroxylation sites is 1. The zero-order chi connectivity index (χ0) is 20.9. The summed E-state index contributed by atoms with van der Waals surface area (Å²) in [6.45, 7) is 4.66. The van der Waals surface area contributed by atoms with Crippen molar-refractivity contribution in [3.8, 4) is 5.75 Å². The van der Waals surface area contributed by atoms with Crippen LogP contribution in [0.5, 0.6) is 5.75 Å². The Morgan fingerprint density at radius 1 is 1.20 bits per heavy atom. The fraction of sp³-hybridized carbons (Fsp3) is 0.409. The molecule has 1 saturated heterocycles. The number of hydrogen-bond donors (Lipinski definition) is 1. The highest BCUT2D eigenvalue weighted by Crippen LogP contribution is 2.29. The van der Waals surface area contributed by atoms with Crippen molar-refractivity contribution in [3.05, 3.63) is 58.4 Å². The maximum absolute atomic E-state index is 13.9. The van der Waals surface area contributed by atoms with Gasteiger partial charge in [-0.1, -0.05) is 23.7 Å². The number of hydrogen-bond acceptors (Lipinski definition) is 4. The van der Waals surface area contributed by atoms with E-state index < -0.39 is 0 Å². The molecule has 160 valence electrons. The number of benzene rings is 2. The molecule has 0 bridgehead atoms. The molecule has 0 unspecified atom stereocenters. The Bertz CT molecular complexity index is 916. The number of anilines is 1. The van der Waals surface area contributed by atoms with E-state index in [-0.39, 0.29) is 12.6 Å². The third-order valence-electron chi connectivity index (χ3n) is 5.41. The van der Waals surface area contributed by atoms with E-state index in [1.807, 2.05) is 18.2 Å². The van der Waals surface area contributed by atoms with Crippen LogP contribution < -0.4 is 15.0 Å². The van der Waals surface area contributed by atoms with Crippen LogP contribution in [0.15, 0.2) is 41.4 Å². The largest absolute Gasteiger partial charge is 0.467 e. The number of ether oxygens (including phenoxy) is 2. The summed E-state index contributed by atoms with van der Waals surface area (Å²) in [5.74, 6) is 1.33. The monoisotopic (exact) mass is 432 g/mol. The van der Waals surface area contributed by atoms with Crippen LogP contribution >= 0.6 is 11.6 Å². The van der Waals surface area contributed by atoms with E-state index in [1.54, 1.807) is 7.05 Å². The van der Waals surface area contributed by atoms with Gasteiger partial charge in [0, 0.05) is 45.3 Å². The molecule has 2 heterocycles. The van der Waals surface area contributed by atoms with Crippen LogP contribution in [-0.2, 0) is 17.8 Å². The molecule has 0 radical (unpaired) electrons. The highest BCUT2D eigenvalue weighted by molar-refractivity contribution is 6.33. The lowest BCUT2D eigenvalue weighted by molar-refractivity contribution is -0.0172. The standard InChI is InChI=1S/C22H26ClFN4O2/c1-25-22(28-10-8-27(9-11-28)20-5-3-2-4-19(20)23)26-7-6-16-12-18(24)13-17-14-29-15-30-21(16)17/h2-5,12-13H,6-11,14-15H2,1H3,(H,25,26). The molecule has 8 heteroatoms. The molecule has 0 saturated carbocycles. The summed E-state index contributed by atoms with van der Waals surface area (Å²) in [5.41, 5.74) is 2.68. The van der Waals surface area contributed by atoms with Gasteiger partial charge in [-0.15, -0.1) is 0 Å². The van der Waals surface area contributed by atoms with E-state index >= 15 is 0 Å². The average Bonchev–Trinajstić information content (AvgIpc) is 2.77. The van der Waals surface area contributed by atoms with Crippen LogP contribution in [0.25, 0.3) is 0 Å². The highest BCUT2D eigenvalue weighted by Gasteiger charge is 2.21. The molecule has 2 aliphatic heterocycles. The number of rotatable bonds is 4. The molecule has 2 aromatic rings. The van der Waals surface area contributed by atoms with E-state index in [0.29, 0.717) is 19.6 Å². The lowest BCUT2D eigenvalue weighted by Gasteiger charge is -2.38. The Balaban J connectivity index is 1.32. The first-order valence-corrected chi connectivity index (χ1v) is 10.5. The smallest absolute Gasteiger partial charge is 0.193 e. The van der Waals surface area contributed by atoms with Crippen LogP contribution in [0, 0.1) is 5.82 Å². The van der Waals surface area contributed by atoms with Gasteiger partial charge in [0.2, 0.25) is 0 Å². The minimum absolute atomic E-state index is 0.205. The summed E-state index contributed by atoms with van der Waals surface area (Å²) in [4.78, 5) is 8.96. The highest BCUT2D eigenvalue weighted by atomic mass is 35.5. The molecular formula is C22H26ClFN4O2. The first-order chi connectivity index (χ1) is 14.7. The Labute approximate surface area is 181 Å². The first kappa shape index (κ1) is 20.8. The summed E-state index contributed by atoms with van der Waals surface area (Å²) in [6.07, 6.45) is 0.638. The quantitative estimate of drug-likeness (QED) is 0.593. The van der Waals surface area contributed by atoms with Gasteiger partial charge in [-0.3, -0.25) is 4.99 Å². The lowest BCUT2D eigenvalue weighted by atomic mass is 10.1. The second-order valence-corrected chi connectivity index (χ2v) is 7.72. The van der Waals surface area contributed by atoms with Crippen molar-refractivity contribution in [2.24, 2.45) is 4.99 Å². The topological polar surface area (TPSA) is 49.3 Å². The zero-order valence-corrected chi connectivity index (χ0v) is 17.8. The second-order valence-electron chi connectivity index (χ2n) is 7.31. The van der Waals surface area contributed by atoms with Gasteiger partial charge in [0.15, 0.2) is 12.8 Å². The normalized spacial score (nSPS) is 16.8. The van der Waals surface area contributed by atoms with Gasteiger partial charge in [0.25, 0.3) is 0 Å². The molecule has 30 heavy (non-hydrogen) atoms. The van der Waals surface area contributed by atoms with Crippen LogP contribution in [0.4, 0.5) is 10.1 Å². The maximum Gasteiger partial charge on any atom is 0.193 e. The molecule has 4 rings (SSSR count). The van der Waals surface area contributed by atoms with E-state index in [9.17, 15) is 4.39 Å². The van der Waals surface area contributed by atoms with Crippen molar-refractivity contribution in [2.45, 2.75) is 13.0 Å². The molecule has 0 amide bonds. The Morgan fingerprint density at radius 3 is 2.77 bits per heavy atom. The minimum Gasteiger partial charge on any atom is -0.467 e. The van der Waals surface area contributed by atoms with Gasteiger partial charge >= 0.3 is 0 Å². The van der Waals surface area contributed by atoms with E-state index in [2.05, 4.69) is 26.2 Å². The van der Waals surface area contributed by atoms with Crippen LogP contribution in [-0.4, -0.2) is 57.4 Å². The van der Waals surface area contributed by atoms with Crippen LogP contribution in [0.2, 0.25) is 5.02 Å². The van der Waals surface area contributed by atoms with Crippen molar-refractivity contribution < 1.29 is 13.9 Å². The van der Waals surface area contributed by atoms with Gasteiger partial charge in [0.05, 0.1) is 17.3 Å². The summed E-state index contributed by atoms with van der Waals surface area (Å²) >= 11 is 6.34. The van der Waals surface area contributed by atoms with Crippen molar-refractivity contribution in [1.29, 1.82) is 0 Å². The fourth-order valence-electron chi connectivity index (χ4n) is 3.95. The van der Waals surface area contributed by atoms with Gasteiger partial charge in [0.1, 0.15) is 11.6 Å². The first-order valence-electron chi connectivity index (χ1n) is 10.1. The number of nitrogens with zero attached hydrogens (tertiary/aromatic N) is 3. The number of nitrogens with one attached hydrogen (secondary N) is 1. The molecule has 0 aromatic heterocycles. The number of fused-ring (bicyclic) bond motifs is 1. The molecule has 0 atom stereocenters. The fourth-order valence-corrected chi connectivity index (χ4v) is 4.21. The molecule has 1 N–H and O–H groups in total. The predicted molar refractivity (Wildman–Crippen MR) is 117 cm³/mol. The number of piperazine rings is 1. The number of guanidine groups is 1. The van der Waals surface area contributed by atoms with Crippen molar-refractivity contribution in [3.63, 3.8) is 0 Å². The third kappa shape index (κ3) is 4.63. The van der Waals surface area contributed by atoms with Gasteiger partial charge < -0.3 is 24.6 Å². The molecule has 2 aromatic carbocycles.